The number of aliphatic imine (C=N–C) groups is 1. The minimum Gasteiger partial charge on any atom is -0.354 e. The maximum Gasteiger partial charge on any atom is 0.195 e. The molecule has 1 aromatic carbocycles. The standard InChI is InChI=1S/C10H12N6/c1-16-14-8-4-2-3-7(9(8)15-16)13-10-11-5-6-12-10/h2-4H,5-6H2,1H3,(H2,11,12,13). The molecular weight excluding hydrogens is 204 g/mol. The van der Waals surface area contributed by atoms with Crippen LogP contribution in [-0.2, 0) is 7.05 Å². The Balaban J connectivity index is 2.02. The second-order valence-electron chi connectivity index (χ2n) is 3.64. The van der Waals surface area contributed by atoms with E-state index in [1.54, 1.807) is 4.80 Å². The number of rotatable bonds is 1. The summed E-state index contributed by atoms with van der Waals surface area (Å²) in [6.07, 6.45) is 0. The van der Waals surface area contributed by atoms with Gasteiger partial charge in [-0.3, -0.25) is 4.99 Å². The lowest BCUT2D eigenvalue weighted by Crippen LogP contribution is -2.26. The van der Waals surface area contributed by atoms with Crippen molar-refractivity contribution in [2.75, 3.05) is 18.4 Å². The molecule has 0 atom stereocenters. The molecule has 1 aliphatic heterocycles. The molecule has 16 heavy (non-hydrogen) atoms. The molecule has 0 saturated heterocycles. The molecule has 0 radical (unpaired) electrons. The molecule has 6 heteroatoms. The number of nitrogens with one attached hydrogen (secondary N) is 2. The van der Waals surface area contributed by atoms with Crippen LogP contribution in [0.2, 0.25) is 0 Å². The first-order chi connectivity index (χ1) is 7.83. The molecule has 0 spiro atoms. The molecule has 1 aromatic heterocycles. The highest BCUT2D eigenvalue weighted by Gasteiger charge is 2.09. The number of aromatic nitrogens is 3. The number of nitrogens with zero attached hydrogens (tertiary/aromatic N) is 4. The van der Waals surface area contributed by atoms with Crippen LogP contribution in [-0.4, -0.2) is 34.0 Å². The van der Waals surface area contributed by atoms with Gasteiger partial charge in [-0.15, -0.1) is 0 Å². The van der Waals surface area contributed by atoms with Crippen LogP contribution in [0.15, 0.2) is 23.2 Å². The normalized spacial score (nSPS) is 14.9. The third-order valence-corrected chi connectivity index (χ3v) is 2.44. The average molecular weight is 216 g/mol. The third-order valence-electron chi connectivity index (χ3n) is 2.44. The van der Waals surface area contributed by atoms with E-state index in [0.29, 0.717) is 0 Å². The zero-order chi connectivity index (χ0) is 11.0. The predicted octanol–water partition coefficient (Wildman–Crippen LogP) is 0.339. The molecule has 1 aliphatic rings. The Morgan fingerprint density at radius 1 is 1.38 bits per heavy atom. The fourth-order valence-electron chi connectivity index (χ4n) is 1.75. The van der Waals surface area contributed by atoms with Crippen molar-refractivity contribution in [3.63, 3.8) is 0 Å². The van der Waals surface area contributed by atoms with Gasteiger partial charge in [-0.2, -0.15) is 15.0 Å². The van der Waals surface area contributed by atoms with E-state index >= 15 is 0 Å². The number of hydrogen-bond donors (Lipinski definition) is 2. The molecule has 0 saturated carbocycles. The highest BCUT2D eigenvalue weighted by Crippen LogP contribution is 2.19. The largest absolute Gasteiger partial charge is 0.354 e. The maximum atomic E-state index is 4.32. The van der Waals surface area contributed by atoms with E-state index in [-0.39, 0.29) is 0 Å². The predicted molar refractivity (Wildman–Crippen MR) is 62.4 cm³/mol. The van der Waals surface area contributed by atoms with E-state index in [1.165, 1.54) is 0 Å². The van der Waals surface area contributed by atoms with Gasteiger partial charge in [0.15, 0.2) is 5.96 Å². The van der Waals surface area contributed by atoms with Crippen LogP contribution in [0.5, 0.6) is 0 Å². The topological polar surface area (TPSA) is 67.1 Å². The highest BCUT2D eigenvalue weighted by atomic mass is 15.5. The summed E-state index contributed by atoms with van der Waals surface area (Å²) in [6.45, 7) is 1.71. The fourth-order valence-corrected chi connectivity index (χ4v) is 1.75. The lowest BCUT2D eigenvalue weighted by Gasteiger charge is -2.05. The van der Waals surface area contributed by atoms with Crippen LogP contribution < -0.4 is 10.6 Å². The van der Waals surface area contributed by atoms with Crippen LogP contribution in [0.4, 0.5) is 5.69 Å². The highest BCUT2D eigenvalue weighted by molar-refractivity contribution is 6.01. The van der Waals surface area contributed by atoms with Crippen molar-refractivity contribution in [2.45, 2.75) is 0 Å². The first-order valence-electron chi connectivity index (χ1n) is 5.18. The molecule has 82 valence electrons. The van der Waals surface area contributed by atoms with Gasteiger partial charge in [0.2, 0.25) is 0 Å². The van der Waals surface area contributed by atoms with Gasteiger partial charge in [0.1, 0.15) is 11.0 Å². The smallest absolute Gasteiger partial charge is 0.195 e. The molecule has 0 fully saturated rings. The van der Waals surface area contributed by atoms with Crippen LogP contribution in [0.1, 0.15) is 0 Å². The van der Waals surface area contributed by atoms with Crippen molar-refractivity contribution in [1.29, 1.82) is 0 Å². The van der Waals surface area contributed by atoms with Crippen molar-refractivity contribution < 1.29 is 0 Å². The molecule has 6 nitrogen and oxygen atoms in total. The SMILES string of the molecule is Cn1nc2cccc(NC3=NCCN3)c2n1. The number of anilines is 1. The molecule has 2 aromatic rings. The monoisotopic (exact) mass is 216 g/mol. The van der Waals surface area contributed by atoms with E-state index in [2.05, 4.69) is 25.8 Å². The van der Waals surface area contributed by atoms with Crippen LogP contribution in [0.3, 0.4) is 0 Å². The van der Waals surface area contributed by atoms with Crippen LogP contribution in [0.25, 0.3) is 11.0 Å². The zero-order valence-electron chi connectivity index (χ0n) is 8.94. The first-order valence-corrected chi connectivity index (χ1v) is 5.18. The van der Waals surface area contributed by atoms with Gasteiger partial charge < -0.3 is 10.6 Å². The molecule has 0 amide bonds. The minimum atomic E-state index is 0.804. The van der Waals surface area contributed by atoms with Gasteiger partial charge in [0.05, 0.1) is 12.2 Å². The number of fused-ring (bicyclic) bond motifs is 1. The second kappa shape index (κ2) is 3.48. The Hall–Kier alpha value is -2.11. The maximum absolute atomic E-state index is 4.32. The summed E-state index contributed by atoms with van der Waals surface area (Å²) >= 11 is 0. The van der Waals surface area contributed by atoms with Crippen molar-refractivity contribution in [2.24, 2.45) is 12.0 Å². The molecule has 0 bridgehead atoms. The molecule has 0 aliphatic carbocycles. The fraction of sp³-hybridized carbons (Fsp3) is 0.300. The number of benzene rings is 1. The third kappa shape index (κ3) is 1.48. The summed E-state index contributed by atoms with van der Waals surface area (Å²) in [7, 11) is 1.81. The lowest BCUT2D eigenvalue weighted by atomic mass is 10.2. The summed E-state index contributed by atoms with van der Waals surface area (Å²) in [5.41, 5.74) is 2.67. The Labute approximate surface area is 92.4 Å². The molecule has 0 unspecified atom stereocenters. The molecule has 3 rings (SSSR count). The zero-order valence-corrected chi connectivity index (χ0v) is 8.94. The summed E-state index contributed by atoms with van der Waals surface area (Å²) in [5, 5.41) is 14.9. The summed E-state index contributed by atoms with van der Waals surface area (Å²) < 4.78 is 0. The Bertz CT molecular complexity index is 555. The van der Waals surface area contributed by atoms with Gasteiger partial charge in [-0.1, -0.05) is 6.07 Å². The Morgan fingerprint density at radius 3 is 3.12 bits per heavy atom. The van der Waals surface area contributed by atoms with Gasteiger partial charge in [0.25, 0.3) is 0 Å². The van der Waals surface area contributed by atoms with Gasteiger partial charge in [-0.05, 0) is 12.1 Å². The van der Waals surface area contributed by atoms with E-state index < -0.39 is 0 Å². The Kier molecular flexibility index (Phi) is 1.99. The molecular formula is C10H12N6. The van der Waals surface area contributed by atoms with E-state index in [1.807, 2.05) is 25.2 Å². The summed E-state index contributed by atoms with van der Waals surface area (Å²) in [5.74, 6) is 0.804. The molecule has 2 heterocycles. The lowest BCUT2D eigenvalue weighted by molar-refractivity contribution is 0.665. The van der Waals surface area contributed by atoms with E-state index in [9.17, 15) is 0 Å². The van der Waals surface area contributed by atoms with Gasteiger partial charge >= 0.3 is 0 Å². The van der Waals surface area contributed by atoms with Crippen molar-refractivity contribution >= 4 is 22.7 Å². The van der Waals surface area contributed by atoms with Crippen molar-refractivity contribution in [3.05, 3.63) is 18.2 Å². The Morgan fingerprint density at radius 2 is 2.31 bits per heavy atom. The van der Waals surface area contributed by atoms with E-state index in [0.717, 1.165) is 35.8 Å². The second-order valence-corrected chi connectivity index (χ2v) is 3.64. The van der Waals surface area contributed by atoms with Crippen LogP contribution >= 0.6 is 0 Å². The molecule has 2 N–H and O–H groups in total. The summed E-state index contributed by atoms with van der Waals surface area (Å²) in [4.78, 5) is 5.85. The van der Waals surface area contributed by atoms with Gasteiger partial charge in [-0.25, -0.2) is 0 Å². The van der Waals surface area contributed by atoms with Crippen LogP contribution in [0, 0.1) is 0 Å². The van der Waals surface area contributed by atoms with Crippen molar-refractivity contribution in [3.8, 4) is 0 Å². The number of aryl methyl sites for hydroxylation is 1. The minimum absolute atomic E-state index is 0.804. The first kappa shape index (κ1) is 9.14. The average Bonchev–Trinajstić information content (AvgIpc) is 2.86. The quantitative estimate of drug-likeness (QED) is 0.721. The summed E-state index contributed by atoms with van der Waals surface area (Å²) in [6, 6.07) is 5.87. The van der Waals surface area contributed by atoms with E-state index in [4.69, 9.17) is 0 Å². The number of guanidine groups is 1. The van der Waals surface area contributed by atoms with Crippen molar-refractivity contribution in [1.82, 2.24) is 20.3 Å². The van der Waals surface area contributed by atoms with Gasteiger partial charge in [0, 0.05) is 13.6 Å². The number of hydrogen-bond acceptors (Lipinski definition) is 5.